The van der Waals surface area contributed by atoms with Gasteiger partial charge in [-0.05, 0) is 30.0 Å². The minimum atomic E-state index is -0.497. The van der Waals surface area contributed by atoms with Crippen LogP contribution in [0.1, 0.15) is 22.7 Å². The molecule has 0 radical (unpaired) electrons. The van der Waals surface area contributed by atoms with Crippen LogP contribution in [0.4, 0.5) is 4.39 Å². The van der Waals surface area contributed by atoms with Crippen molar-refractivity contribution in [2.45, 2.75) is 13.0 Å². The third kappa shape index (κ3) is 2.17. The van der Waals surface area contributed by atoms with E-state index in [1.54, 1.807) is 24.5 Å². The number of fused-ring (bicyclic) bond motifs is 1. The summed E-state index contributed by atoms with van der Waals surface area (Å²) < 4.78 is 14.0. The third-order valence-corrected chi connectivity index (χ3v) is 3.54. The molecule has 3 heteroatoms. The molecule has 0 aliphatic rings. The highest BCUT2D eigenvalue weighted by Gasteiger charge is 2.16. The Hall–Kier alpha value is -2.26. The Morgan fingerprint density at radius 1 is 1.10 bits per heavy atom. The van der Waals surface area contributed by atoms with Crippen molar-refractivity contribution in [3.63, 3.8) is 0 Å². The van der Waals surface area contributed by atoms with Gasteiger partial charge in [0.25, 0.3) is 0 Å². The van der Waals surface area contributed by atoms with Crippen molar-refractivity contribution in [2.75, 3.05) is 0 Å². The summed E-state index contributed by atoms with van der Waals surface area (Å²) in [6.45, 7) is 1.93. The fourth-order valence-electron chi connectivity index (χ4n) is 2.48. The van der Waals surface area contributed by atoms with Gasteiger partial charge in [0.1, 0.15) is 5.82 Å². The lowest BCUT2D eigenvalue weighted by atomic mass is 9.94. The van der Waals surface area contributed by atoms with Crippen molar-refractivity contribution in [3.05, 3.63) is 77.4 Å². The number of hydrogen-bond acceptors (Lipinski definition) is 2. The van der Waals surface area contributed by atoms with E-state index >= 15 is 0 Å². The summed E-state index contributed by atoms with van der Waals surface area (Å²) in [7, 11) is 0. The number of halogens is 1. The van der Waals surface area contributed by atoms with Gasteiger partial charge in [-0.3, -0.25) is 4.98 Å². The molecule has 0 saturated carbocycles. The zero-order chi connectivity index (χ0) is 14.1. The molecule has 0 spiro atoms. The molecular formula is C17H15FN2. The molecule has 0 bridgehead atoms. The fourth-order valence-corrected chi connectivity index (χ4v) is 2.48. The predicted molar refractivity (Wildman–Crippen MR) is 78.9 cm³/mol. The van der Waals surface area contributed by atoms with Crippen LogP contribution >= 0.6 is 0 Å². The molecule has 3 aromatic rings. The fraction of sp³-hybridized carbons (Fsp3) is 0.118. The van der Waals surface area contributed by atoms with Crippen molar-refractivity contribution >= 4 is 10.8 Å². The van der Waals surface area contributed by atoms with Crippen molar-refractivity contribution < 1.29 is 4.39 Å². The first-order valence-corrected chi connectivity index (χ1v) is 6.51. The molecule has 100 valence electrons. The van der Waals surface area contributed by atoms with Crippen LogP contribution in [0.5, 0.6) is 0 Å². The Kier molecular flexibility index (Phi) is 3.20. The van der Waals surface area contributed by atoms with Gasteiger partial charge in [0.05, 0.1) is 6.04 Å². The van der Waals surface area contributed by atoms with Gasteiger partial charge in [-0.1, -0.05) is 35.9 Å². The Morgan fingerprint density at radius 2 is 1.95 bits per heavy atom. The van der Waals surface area contributed by atoms with Gasteiger partial charge in [-0.15, -0.1) is 0 Å². The van der Waals surface area contributed by atoms with E-state index in [-0.39, 0.29) is 5.82 Å². The lowest BCUT2D eigenvalue weighted by Gasteiger charge is -2.16. The van der Waals surface area contributed by atoms with Crippen LogP contribution < -0.4 is 5.73 Å². The number of aromatic nitrogens is 1. The second-order valence-electron chi connectivity index (χ2n) is 4.95. The molecule has 1 heterocycles. The molecule has 0 amide bonds. The van der Waals surface area contributed by atoms with Crippen LogP contribution in [0.2, 0.25) is 0 Å². The molecule has 3 rings (SSSR count). The number of hydrogen-bond donors (Lipinski definition) is 1. The standard InChI is InChI=1S/C17H15FN2/c1-11-5-6-16(18)14(9-11)17(19)13-4-2-3-12-7-8-20-10-15(12)13/h2-10,17H,19H2,1H3. The lowest BCUT2D eigenvalue weighted by Crippen LogP contribution is -2.14. The highest BCUT2D eigenvalue weighted by Crippen LogP contribution is 2.28. The first kappa shape index (κ1) is 12.8. The van der Waals surface area contributed by atoms with E-state index in [0.29, 0.717) is 5.56 Å². The van der Waals surface area contributed by atoms with Crippen LogP contribution in [0.25, 0.3) is 10.8 Å². The molecule has 1 aromatic heterocycles. The maximum atomic E-state index is 14.0. The molecular weight excluding hydrogens is 251 g/mol. The Labute approximate surface area is 117 Å². The van der Waals surface area contributed by atoms with Gasteiger partial charge in [0.2, 0.25) is 0 Å². The van der Waals surface area contributed by atoms with Crippen molar-refractivity contribution in [1.82, 2.24) is 4.98 Å². The van der Waals surface area contributed by atoms with Crippen molar-refractivity contribution in [2.24, 2.45) is 5.73 Å². The summed E-state index contributed by atoms with van der Waals surface area (Å²) in [5.41, 5.74) is 8.68. The molecule has 0 aliphatic carbocycles. The van der Waals surface area contributed by atoms with E-state index in [0.717, 1.165) is 21.9 Å². The summed E-state index contributed by atoms with van der Waals surface area (Å²) in [4.78, 5) is 4.14. The predicted octanol–water partition coefficient (Wildman–Crippen LogP) is 3.73. The molecule has 20 heavy (non-hydrogen) atoms. The largest absolute Gasteiger partial charge is 0.320 e. The van der Waals surface area contributed by atoms with Gasteiger partial charge in [-0.2, -0.15) is 0 Å². The SMILES string of the molecule is Cc1ccc(F)c(C(N)c2cccc3ccncc23)c1. The summed E-state index contributed by atoms with van der Waals surface area (Å²) in [6, 6.07) is 12.3. The number of rotatable bonds is 2. The molecule has 2 aromatic carbocycles. The Bertz CT molecular complexity index is 763. The van der Waals surface area contributed by atoms with Gasteiger partial charge < -0.3 is 5.73 Å². The van der Waals surface area contributed by atoms with Crippen molar-refractivity contribution in [1.29, 1.82) is 0 Å². The first-order valence-electron chi connectivity index (χ1n) is 6.51. The van der Waals surface area contributed by atoms with Crippen LogP contribution in [-0.4, -0.2) is 4.98 Å². The summed E-state index contributed by atoms with van der Waals surface area (Å²) >= 11 is 0. The zero-order valence-electron chi connectivity index (χ0n) is 11.2. The maximum absolute atomic E-state index is 14.0. The smallest absolute Gasteiger partial charge is 0.128 e. The molecule has 1 unspecified atom stereocenters. The number of nitrogens with two attached hydrogens (primary N) is 1. The quantitative estimate of drug-likeness (QED) is 0.767. The minimum absolute atomic E-state index is 0.274. The molecule has 0 saturated heterocycles. The first-order chi connectivity index (χ1) is 9.66. The second kappa shape index (κ2) is 5.02. The Balaban J connectivity index is 2.17. The monoisotopic (exact) mass is 266 g/mol. The molecule has 2 nitrogen and oxygen atoms in total. The zero-order valence-corrected chi connectivity index (χ0v) is 11.2. The maximum Gasteiger partial charge on any atom is 0.128 e. The van der Waals surface area contributed by atoms with Crippen molar-refractivity contribution in [3.8, 4) is 0 Å². The van der Waals surface area contributed by atoms with Crippen LogP contribution in [0, 0.1) is 12.7 Å². The van der Waals surface area contributed by atoms with Crippen LogP contribution in [0.3, 0.4) is 0 Å². The minimum Gasteiger partial charge on any atom is -0.320 e. The van der Waals surface area contributed by atoms with E-state index in [2.05, 4.69) is 4.98 Å². The van der Waals surface area contributed by atoms with Gasteiger partial charge in [-0.25, -0.2) is 4.39 Å². The number of aryl methyl sites for hydroxylation is 1. The second-order valence-corrected chi connectivity index (χ2v) is 4.95. The van der Waals surface area contributed by atoms with Crippen LogP contribution in [-0.2, 0) is 0 Å². The molecule has 0 aliphatic heterocycles. The van der Waals surface area contributed by atoms with Crippen LogP contribution in [0.15, 0.2) is 54.9 Å². The summed E-state index contributed by atoms with van der Waals surface area (Å²) in [5.74, 6) is -0.274. The normalized spacial score (nSPS) is 12.6. The topological polar surface area (TPSA) is 38.9 Å². The highest BCUT2D eigenvalue weighted by molar-refractivity contribution is 5.85. The van der Waals surface area contributed by atoms with Gasteiger partial charge in [0.15, 0.2) is 0 Å². The van der Waals surface area contributed by atoms with Gasteiger partial charge >= 0.3 is 0 Å². The lowest BCUT2D eigenvalue weighted by molar-refractivity contribution is 0.599. The van der Waals surface area contributed by atoms with E-state index < -0.39 is 6.04 Å². The average molecular weight is 266 g/mol. The van der Waals surface area contributed by atoms with E-state index in [9.17, 15) is 4.39 Å². The highest BCUT2D eigenvalue weighted by atomic mass is 19.1. The molecule has 2 N–H and O–H groups in total. The number of benzene rings is 2. The third-order valence-electron chi connectivity index (χ3n) is 3.54. The average Bonchev–Trinajstić information content (AvgIpc) is 2.48. The number of pyridine rings is 1. The van der Waals surface area contributed by atoms with E-state index in [1.165, 1.54) is 6.07 Å². The van der Waals surface area contributed by atoms with E-state index in [1.807, 2.05) is 31.2 Å². The van der Waals surface area contributed by atoms with E-state index in [4.69, 9.17) is 5.73 Å². The van der Waals surface area contributed by atoms with Gasteiger partial charge in [0, 0.05) is 23.3 Å². The molecule has 1 atom stereocenters. The number of nitrogens with zero attached hydrogens (tertiary/aromatic N) is 1. The molecule has 0 fully saturated rings. The summed E-state index contributed by atoms with van der Waals surface area (Å²) in [6.07, 6.45) is 3.52. The Morgan fingerprint density at radius 3 is 2.80 bits per heavy atom. The summed E-state index contributed by atoms with van der Waals surface area (Å²) in [5, 5.41) is 2.02.